The highest BCUT2D eigenvalue weighted by Crippen LogP contribution is 2.47. The third-order valence-corrected chi connectivity index (χ3v) is 5.65. The quantitative estimate of drug-likeness (QED) is 0.843. The average molecular weight is 334 g/mol. The van der Waals surface area contributed by atoms with Gasteiger partial charge in [-0.05, 0) is 22.8 Å². The smallest absolute Gasteiger partial charge is 0.104 e. The van der Waals surface area contributed by atoms with Crippen LogP contribution in [-0.4, -0.2) is 58.6 Å². The minimum absolute atomic E-state index is 0.0976. The van der Waals surface area contributed by atoms with E-state index in [0.29, 0.717) is 6.04 Å². The molecule has 2 fully saturated rings. The molecule has 4 nitrogen and oxygen atoms in total. The van der Waals surface area contributed by atoms with E-state index in [9.17, 15) is 5.11 Å². The molecular formula is C20H35N3O. The van der Waals surface area contributed by atoms with Crippen LogP contribution < -0.4 is 0 Å². The summed E-state index contributed by atoms with van der Waals surface area (Å²) < 4.78 is 0. The van der Waals surface area contributed by atoms with E-state index in [1.807, 2.05) is 0 Å². The maximum atomic E-state index is 9.78. The van der Waals surface area contributed by atoms with Crippen molar-refractivity contribution in [1.29, 1.82) is 0 Å². The van der Waals surface area contributed by atoms with Crippen molar-refractivity contribution in [3.8, 4) is 0 Å². The summed E-state index contributed by atoms with van der Waals surface area (Å²) in [4.78, 5) is 10.2. The van der Waals surface area contributed by atoms with E-state index in [1.165, 1.54) is 17.1 Å². The van der Waals surface area contributed by atoms with Crippen molar-refractivity contribution in [2.45, 2.75) is 79.5 Å². The summed E-state index contributed by atoms with van der Waals surface area (Å²) >= 11 is 0. The number of aliphatic imine (C=N–C) groups is 1. The molecule has 0 amide bonds. The minimum Gasteiger partial charge on any atom is -0.390 e. The first-order valence-electron chi connectivity index (χ1n) is 9.55. The zero-order valence-electron chi connectivity index (χ0n) is 16.6. The van der Waals surface area contributed by atoms with E-state index in [2.05, 4.69) is 58.3 Å². The number of rotatable bonds is 2. The fourth-order valence-electron chi connectivity index (χ4n) is 4.51. The van der Waals surface area contributed by atoms with E-state index in [-0.39, 0.29) is 23.0 Å². The predicted molar refractivity (Wildman–Crippen MR) is 100 cm³/mol. The maximum Gasteiger partial charge on any atom is 0.104 e. The molecule has 0 spiro atoms. The van der Waals surface area contributed by atoms with Gasteiger partial charge in [-0.1, -0.05) is 48.5 Å². The molecule has 2 atom stereocenters. The highest BCUT2D eigenvalue weighted by Gasteiger charge is 2.47. The van der Waals surface area contributed by atoms with Crippen molar-refractivity contribution in [3.05, 3.63) is 11.3 Å². The third-order valence-electron chi connectivity index (χ3n) is 5.65. The SMILES string of the molecule is CCC1=NC(C(C)(C)C)C(C(C)(C)C)=C2C(N3CC(O)C3)CCN12. The van der Waals surface area contributed by atoms with Crippen LogP contribution in [0.3, 0.4) is 0 Å². The van der Waals surface area contributed by atoms with E-state index in [4.69, 9.17) is 4.99 Å². The van der Waals surface area contributed by atoms with Gasteiger partial charge in [0.25, 0.3) is 0 Å². The van der Waals surface area contributed by atoms with Gasteiger partial charge < -0.3 is 10.0 Å². The van der Waals surface area contributed by atoms with Crippen molar-refractivity contribution in [2.24, 2.45) is 15.8 Å². The third kappa shape index (κ3) is 2.92. The number of fused-ring (bicyclic) bond motifs is 1. The molecule has 0 aromatic rings. The van der Waals surface area contributed by atoms with Crippen LogP contribution in [0.4, 0.5) is 0 Å². The standard InChI is InChI=1S/C20H35N3O/c1-8-15-21-18(20(5,6)7)16(19(2,3)4)17-14(9-10-23(15)17)22-11-13(24)12-22/h13-14,18,24H,8-12H2,1-7H3. The second-order valence-electron chi connectivity index (χ2n) is 9.78. The van der Waals surface area contributed by atoms with Gasteiger partial charge in [0.1, 0.15) is 5.84 Å². The van der Waals surface area contributed by atoms with Gasteiger partial charge in [0.05, 0.1) is 18.2 Å². The topological polar surface area (TPSA) is 39.1 Å². The fraction of sp³-hybridized carbons (Fsp3) is 0.850. The molecule has 0 bridgehead atoms. The Morgan fingerprint density at radius 3 is 2.21 bits per heavy atom. The number of aliphatic hydroxyl groups is 1. The number of aliphatic hydroxyl groups excluding tert-OH is 1. The zero-order chi connectivity index (χ0) is 17.9. The molecule has 0 aromatic carbocycles. The highest BCUT2D eigenvalue weighted by molar-refractivity contribution is 5.86. The van der Waals surface area contributed by atoms with E-state index in [1.54, 1.807) is 0 Å². The molecule has 4 heteroatoms. The predicted octanol–water partition coefficient (Wildman–Crippen LogP) is 3.27. The Labute approximate surface area is 147 Å². The van der Waals surface area contributed by atoms with Gasteiger partial charge in [0.15, 0.2) is 0 Å². The lowest BCUT2D eigenvalue weighted by Crippen LogP contribution is -2.56. The lowest BCUT2D eigenvalue weighted by molar-refractivity contribution is -0.0157. The van der Waals surface area contributed by atoms with E-state index >= 15 is 0 Å². The van der Waals surface area contributed by atoms with Crippen molar-refractivity contribution < 1.29 is 5.11 Å². The summed E-state index contributed by atoms with van der Waals surface area (Å²) in [5.74, 6) is 1.25. The van der Waals surface area contributed by atoms with E-state index in [0.717, 1.165) is 32.5 Å². The van der Waals surface area contributed by atoms with Crippen molar-refractivity contribution in [3.63, 3.8) is 0 Å². The Morgan fingerprint density at radius 2 is 1.75 bits per heavy atom. The summed E-state index contributed by atoms with van der Waals surface area (Å²) in [6, 6.07) is 0.690. The van der Waals surface area contributed by atoms with Crippen LogP contribution in [-0.2, 0) is 0 Å². The van der Waals surface area contributed by atoms with Crippen LogP contribution in [0.15, 0.2) is 16.3 Å². The van der Waals surface area contributed by atoms with Crippen LogP contribution in [0.1, 0.15) is 61.3 Å². The van der Waals surface area contributed by atoms with Gasteiger partial charge >= 0.3 is 0 Å². The van der Waals surface area contributed by atoms with Gasteiger partial charge in [0.2, 0.25) is 0 Å². The van der Waals surface area contributed by atoms with Crippen molar-refractivity contribution >= 4 is 5.84 Å². The second-order valence-corrected chi connectivity index (χ2v) is 9.78. The van der Waals surface area contributed by atoms with Gasteiger partial charge in [-0.3, -0.25) is 9.89 Å². The maximum absolute atomic E-state index is 9.78. The number of β-amino-alcohol motifs (C(OH)–C–C–N with tert-alkyl or cyclic N) is 1. The molecule has 24 heavy (non-hydrogen) atoms. The number of hydrogen-bond donors (Lipinski definition) is 1. The first-order valence-corrected chi connectivity index (χ1v) is 9.55. The minimum atomic E-state index is -0.140. The van der Waals surface area contributed by atoms with Crippen LogP contribution in [0.25, 0.3) is 0 Å². The lowest BCUT2D eigenvalue weighted by atomic mass is 9.70. The summed E-state index contributed by atoms with van der Waals surface area (Å²) in [7, 11) is 0. The van der Waals surface area contributed by atoms with Gasteiger partial charge in [-0.15, -0.1) is 0 Å². The number of likely N-dealkylation sites (tertiary alicyclic amines) is 1. The molecule has 0 saturated carbocycles. The fourth-order valence-corrected chi connectivity index (χ4v) is 4.51. The monoisotopic (exact) mass is 333 g/mol. The van der Waals surface area contributed by atoms with E-state index < -0.39 is 0 Å². The normalized spacial score (nSPS) is 29.7. The first-order chi connectivity index (χ1) is 11.0. The molecule has 136 valence electrons. The molecule has 1 N–H and O–H groups in total. The molecule has 2 saturated heterocycles. The van der Waals surface area contributed by atoms with Crippen LogP contribution in [0.2, 0.25) is 0 Å². The Morgan fingerprint density at radius 1 is 1.12 bits per heavy atom. The van der Waals surface area contributed by atoms with Crippen LogP contribution in [0.5, 0.6) is 0 Å². The second kappa shape index (κ2) is 5.84. The molecular weight excluding hydrogens is 298 g/mol. The van der Waals surface area contributed by atoms with Crippen molar-refractivity contribution in [2.75, 3.05) is 19.6 Å². The molecule has 0 aromatic heterocycles. The molecule has 0 radical (unpaired) electrons. The van der Waals surface area contributed by atoms with Crippen molar-refractivity contribution in [1.82, 2.24) is 9.80 Å². The highest BCUT2D eigenvalue weighted by atomic mass is 16.3. The molecule has 3 aliphatic rings. The Bertz CT molecular complexity index is 558. The average Bonchev–Trinajstić information content (AvgIpc) is 2.84. The molecule has 3 heterocycles. The summed E-state index contributed by atoms with van der Waals surface area (Å²) in [5, 5.41) is 9.78. The van der Waals surface area contributed by atoms with Crippen LogP contribution in [0, 0.1) is 10.8 Å². The summed E-state index contributed by atoms with van der Waals surface area (Å²) in [6.07, 6.45) is 2.00. The van der Waals surface area contributed by atoms with Gasteiger partial charge in [-0.25, -0.2) is 0 Å². The number of amidine groups is 1. The molecule has 0 aliphatic carbocycles. The molecule has 2 unspecified atom stereocenters. The van der Waals surface area contributed by atoms with Gasteiger partial charge in [-0.2, -0.15) is 0 Å². The molecule has 3 rings (SSSR count). The number of hydrogen-bond acceptors (Lipinski definition) is 4. The summed E-state index contributed by atoms with van der Waals surface area (Å²) in [5.41, 5.74) is 3.22. The van der Waals surface area contributed by atoms with Gasteiger partial charge in [0, 0.05) is 31.8 Å². The lowest BCUT2D eigenvalue weighted by Gasteiger charge is -2.47. The molecule has 3 aliphatic heterocycles. The Balaban J connectivity index is 2.10. The number of nitrogens with zero attached hydrogens (tertiary/aromatic N) is 3. The first kappa shape index (κ1) is 17.9. The Hall–Kier alpha value is -0.870. The van der Waals surface area contributed by atoms with Crippen LogP contribution >= 0.6 is 0 Å². The zero-order valence-corrected chi connectivity index (χ0v) is 16.6. The summed E-state index contributed by atoms with van der Waals surface area (Å²) in [6.45, 7) is 18.9. The largest absolute Gasteiger partial charge is 0.390 e. The Kier molecular flexibility index (Phi) is 4.37.